The zero-order valence-electron chi connectivity index (χ0n) is 13.8. The summed E-state index contributed by atoms with van der Waals surface area (Å²) < 4.78 is 57.9. The van der Waals surface area contributed by atoms with Crippen molar-refractivity contribution in [3.05, 3.63) is 17.3 Å². The first kappa shape index (κ1) is 19.4. The number of ether oxygens (including phenoxy) is 1. The van der Waals surface area contributed by atoms with Crippen LogP contribution in [0.3, 0.4) is 0 Å². The number of thiophene rings is 1. The van der Waals surface area contributed by atoms with Gasteiger partial charge >= 0.3 is 6.11 Å². The van der Waals surface area contributed by atoms with Crippen LogP contribution < -0.4 is 15.4 Å². The third-order valence-electron chi connectivity index (χ3n) is 3.99. The van der Waals surface area contributed by atoms with Crippen LogP contribution in [-0.4, -0.2) is 52.9 Å². The van der Waals surface area contributed by atoms with Gasteiger partial charge in [0.2, 0.25) is 0 Å². The number of carbonyl (C=O) groups excluding carboxylic acids is 1. The van der Waals surface area contributed by atoms with Crippen molar-refractivity contribution in [2.24, 2.45) is 5.73 Å². The molecule has 3 rings (SSSR count). The molecule has 1 aliphatic heterocycles. The van der Waals surface area contributed by atoms with E-state index in [0.29, 0.717) is 5.56 Å². The van der Waals surface area contributed by atoms with E-state index in [9.17, 15) is 27.5 Å². The Morgan fingerprint density at radius 2 is 2.26 bits per heavy atom. The van der Waals surface area contributed by atoms with Crippen molar-refractivity contribution in [3.8, 4) is 16.2 Å². The Labute approximate surface area is 154 Å². The number of aliphatic hydroxyl groups is 1. The molecule has 27 heavy (non-hydrogen) atoms. The minimum atomic E-state index is -3.55. The van der Waals surface area contributed by atoms with Crippen LogP contribution in [0.2, 0.25) is 0 Å². The summed E-state index contributed by atoms with van der Waals surface area (Å²) in [5.74, 6) is -1.03. The largest absolute Gasteiger partial charge is 0.427 e. The number of amides is 1. The molecule has 1 amide bonds. The molecule has 0 fully saturated rings. The smallest absolute Gasteiger partial charge is 0.416 e. The summed E-state index contributed by atoms with van der Waals surface area (Å²) >= 11 is 0.886. The number of hydrogen-bond acceptors (Lipinski definition) is 6. The number of primary amides is 1. The lowest BCUT2D eigenvalue weighted by Gasteiger charge is -2.35. The molecule has 2 aromatic heterocycles. The van der Waals surface area contributed by atoms with E-state index < -0.39 is 31.1 Å². The Kier molecular flexibility index (Phi) is 5.29. The summed E-state index contributed by atoms with van der Waals surface area (Å²) in [4.78, 5) is 13.3. The van der Waals surface area contributed by atoms with E-state index in [1.54, 1.807) is 0 Å². The maximum absolute atomic E-state index is 14.1. The molecule has 0 bridgehead atoms. The average Bonchev–Trinajstić information content (AvgIpc) is 3.20. The zero-order valence-corrected chi connectivity index (χ0v) is 14.6. The lowest BCUT2D eigenvalue weighted by Crippen LogP contribution is -2.46. The van der Waals surface area contributed by atoms with Crippen molar-refractivity contribution in [1.82, 2.24) is 10.2 Å². The van der Waals surface area contributed by atoms with Crippen LogP contribution >= 0.6 is 11.3 Å². The van der Waals surface area contributed by atoms with E-state index in [-0.39, 0.29) is 40.6 Å². The second kappa shape index (κ2) is 7.35. The third-order valence-corrected chi connectivity index (χ3v) is 5.21. The van der Waals surface area contributed by atoms with Gasteiger partial charge in [0, 0.05) is 18.3 Å². The molecule has 0 aliphatic carbocycles. The number of H-pyrrole nitrogens is 1. The number of hydrogen-bond donors (Lipinski definition) is 3. The Morgan fingerprint density at radius 3 is 2.85 bits per heavy atom. The predicted octanol–water partition coefficient (Wildman–Crippen LogP) is 2.43. The summed E-state index contributed by atoms with van der Waals surface area (Å²) in [7, 11) is 0. The minimum absolute atomic E-state index is 0.0100. The first-order valence-corrected chi connectivity index (χ1v) is 8.75. The van der Waals surface area contributed by atoms with Crippen molar-refractivity contribution in [2.45, 2.75) is 31.5 Å². The molecule has 4 N–H and O–H groups in total. The average molecular weight is 408 g/mol. The van der Waals surface area contributed by atoms with Crippen LogP contribution in [0.5, 0.6) is 5.75 Å². The van der Waals surface area contributed by atoms with Crippen molar-refractivity contribution >= 4 is 22.9 Å². The second-order valence-corrected chi connectivity index (χ2v) is 7.01. The number of halogens is 4. The quantitative estimate of drug-likeness (QED) is 0.611. The number of anilines is 1. The van der Waals surface area contributed by atoms with Crippen LogP contribution in [-0.2, 0) is 0 Å². The highest BCUT2D eigenvalue weighted by Gasteiger charge is 2.44. The summed E-state index contributed by atoms with van der Waals surface area (Å²) in [5, 5.41) is 15.5. The fourth-order valence-electron chi connectivity index (χ4n) is 2.81. The number of fused-ring (bicyclic) bond motifs is 1. The molecule has 0 spiro atoms. The number of carbonyl (C=O) groups is 1. The minimum Gasteiger partial charge on any atom is -0.427 e. The first-order valence-electron chi connectivity index (χ1n) is 7.93. The van der Waals surface area contributed by atoms with Gasteiger partial charge in [-0.1, -0.05) is 0 Å². The summed E-state index contributed by atoms with van der Waals surface area (Å²) in [6, 6.07) is 0. The van der Waals surface area contributed by atoms with Crippen LogP contribution in [0, 0.1) is 0 Å². The summed E-state index contributed by atoms with van der Waals surface area (Å²) in [6.07, 6.45) is -5.74. The highest BCUT2D eigenvalue weighted by atomic mass is 32.1. The zero-order chi connectivity index (χ0) is 19.8. The third kappa shape index (κ3) is 4.00. The SMILES string of the molecule is NC(=O)c1sc(-c2cn[nH]c2)c2c1N(CCC[C@@H](O)C(F)F)CC(F)(F)O2. The maximum Gasteiger partial charge on any atom is 0.416 e. The Balaban J connectivity index is 1.95. The Morgan fingerprint density at radius 1 is 1.52 bits per heavy atom. The van der Waals surface area contributed by atoms with Gasteiger partial charge in [0.1, 0.15) is 23.2 Å². The Hall–Kier alpha value is -2.34. The molecule has 2 aromatic rings. The fourth-order valence-corrected chi connectivity index (χ4v) is 3.90. The molecule has 1 atom stereocenters. The van der Waals surface area contributed by atoms with E-state index in [2.05, 4.69) is 10.2 Å². The van der Waals surface area contributed by atoms with Gasteiger partial charge < -0.3 is 20.5 Å². The highest BCUT2D eigenvalue weighted by Crippen LogP contribution is 2.52. The molecule has 7 nitrogen and oxygen atoms in total. The molecule has 0 aromatic carbocycles. The molecule has 12 heteroatoms. The topological polar surface area (TPSA) is 104 Å². The molecule has 1 aliphatic rings. The normalized spacial score (nSPS) is 16.9. The lowest BCUT2D eigenvalue weighted by atomic mass is 10.1. The van der Waals surface area contributed by atoms with Gasteiger partial charge in [0.05, 0.1) is 11.1 Å². The van der Waals surface area contributed by atoms with E-state index in [1.165, 1.54) is 17.3 Å². The molecule has 0 unspecified atom stereocenters. The van der Waals surface area contributed by atoms with Crippen LogP contribution in [0.25, 0.3) is 10.4 Å². The number of alkyl halides is 4. The number of nitrogens with two attached hydrogens (primary N) is 1. The molecular formula is C15H16F4N4O3S. The standard InChI is InChI=1S/C15H16F4N4O3S/c16-13(17)8(24)2-1-3-23-6-15(18,19)26-10-9(23)12(14(20)25)27-11(10)7-4-21-22-5-7/h4-5,8,13,24H,1-3,6H2,(H2,20,25)(H,21,22)/t8-/m1/s1. The molecule has 0 saturated heterocycles. The number of nitrogens with zero attached hydrogens (tertiary/aromatic N) is 2. The van der Waals surface area contributed by atoms with Crippen LogP contribution in [0.1, 0.15) is 22.5 Å². The van der Waals surface area contributed by atoms with Gasteiger partial charge in [0.15, 0.2) is 5.75 Å². The highest BCUT2D eigenvalue weighted by molar-refractivity contribution is 7.18. The lowest BCUT2D eigenvalue weighted by molar-refractivity contribution is -0.171. The molecule has 148 valence electrons. The Bertz CT molecular complexity index is 812. The number of aliphatic hydroxyl groups excluding tert-OH is 1. The number of aromatic nitrogens is 2. The number of nitrogens with one attached hydrogen (secondary N) is 1. The number of rotatable bonds is 7. The molecule has 3 heterocycles. The van der Waals surface area contributed by atoms with Crippen molar-refractivity contribution in [1.29, 1.82) is 0 Å². The van der Waals surface area contributed by atoms with Gasteiger partial charge in [-0.3, -0.25) is 9.89 Å². The van der Waals surface area contributed by atoms with Gasteiger partial charge in [0.25, 0.3) is 12.3 Å². The molecule has 0 saturated carbocycles. The van der Waals surface area contributed by atoms with Gasteiger partial charge in [-0.15, -0.1) is 11.3 Å². The van der Waals surface area contributed by atoms with Crippen LogP contribution in [0.4, 0.5) is 23.2 Å². The first-order chi connectivity index (χ1) is 12.7. The van der Waals surface area contributed by atoms with E-state index in [1.807, 2.05) is 0 Å². The van der Waals surface area contributed by atoms with Crippen molar-refractivity contribution in [3.63, 3.8) is 0 Å². The number of aromatic amines is 1. The second-order valence-electron chi connectivity index (χ2n) is 5.99. The summed E-state index contributed by atoms with van der Waals surface area (Å²) in [6.45, 7) is -0.954. The van der Waals surface area contributed by atoms with Crippen LogP contribution in [0.15, 0.2) is 12.4 Å². The maximum atomic E-state index is 14.1. The van der Waals surface area contributed by atoms with Gasteiger partial charge in [-0.05, 0) is 12.8 Å². The van der Waals surface area contributed by atoms with Gasteiger partial charge in [-0.2, -0.15) is 13.9 Å². The van der Waals surface area contributed by atoms with Crippen molar-refractivity contribution in [2.75, 3.05) is 18.0 Å². The van der Waals surface area contributed by atoms with E-state index in [4.69, 9.17) is 10.5 Å². The monoisotopic (exact) mass is 408 g/mol. The molecule has 0 radical (unpaired) electrons. The predicted molar refractivity (Wildman–Crippen MR) is 89.5 cm³/mol. The van der Waals surface area contributed by atoms with E-state index in [0.717, 1.165) is 11.3 Å². The van der Waals surface area contributed by atoms with Gasteiger partial charge in [-0.25, -0.2) is 8.78 Å². The fraction of sp³-hybridized carbons (Fsp3) is 0.467. The molecular weight excluding hydrogens is 392 g/mol. The van der Waals surface area contributed by atoms with Crippen molar-refractivity contribution < 1.29 is 32.2 Å². The van der Waals surface area contributed by atoms with E-state index >= 15 is 0 Å². The summed E-state index contributed by atoms with van der Waals surface area (Å²) in [5.41, 5.74) is 5.93.